The van der Waals surface area contributed by atoms with Crippen molar-refractivity contribution in [1.82, 2.24) is 24.4 Å². The average Bonchev–Trinajstić information content (AvgIpc) is 3.27. The fraction of sp³-hybridized carbons (Fsp3) is 0.250. The summed E-state index contributed by atoms with van der Waals surface area (Å²) in [7, 11) is 0. The maximum absolute atomic E-state index is 12.6. The highest BCUT2D eigenvalue weighted by Gasteiger charge is 2.27. The number of carbonyl (C=O) groups is 1. The molecule has 3 aromatic heterocycles. The van der Waals surface area contributed by atoms with Crippen LogP contribution in [-0.2, 0) is 0 Å². The molecule has 0 atom stereocenters. The van der Waals surface area contributed by atoms with E-state index in [4.69, 9.17) is 21.1 Å². The van der Waals surface area contributed by atoms with Crippen LogP contribution in [0.5, 0.6) is 17.4 Å². The molecule has 1 saturated heterocycles. The zero-order valence-electron chi connectivity index (χ0n) is 18.0. The number of carbonyl (C=O) groups excluding carboxylic acids is 1. The predicted octanol–water partition coefficient (Wildman–Crippen LogP) is 5.42. The number of benzene rings is 1. The van der Waals surface area contributed by atoms with Gasteiger partial charge in [-0.1, -0.05) is 23.7 Å². The largest absolute Gasteiger partial charge is 0.436 e. The SMILES string of the molecule is Cc1ncccc1Oc1ncnc2c1ccn2C1CCN(C(=O)Oc2ccccc2Cl)CC1. The lowest BCUT2D eigenvalue weighted by atomic mass is 10.1. The van der Waals surface area contributed by atoms with Gasteiger partial charge < -0.3 is 18.9 Å². The van der Waals surface area contributed by atoms with E-state index in [0.717, 1.165) is 29.6 Å². The van der Waals surface area contributed by atoms with E-state index in [1.807, 2.05) is 31.3 Å². The number of para-hydroxylation sites is 1. The summed E-state index contributed by atoms with van der Waals surface area (Å²) in [5, 5.41) is 1.25. The van der Waals surface area contributed by atoms with E-state index >= 15 is 0 Å². The second kappa shape index (κ2) is 9.07. The van der Waals surface area contributed by atoms with Gasteiger partial charge in [0.25, 0.3) is 0 Å². The monoisotopic (exact) mass is 463 g/mol. The molecular weight excluding hydrogens is 442 g/mol. The number of likely N-dealkylation sites (tertiary alicyclic amines) is 1. The molecule has 5 rings (SSSR count). The molecule has 1 aliphatic rings. The Morgan fingerprint density at radius 1 is 1.03 bits per heavy atom. The fourth-order valence-corrected chi connectivity index (χ4v) is 4.19. The highest BCUT2D eigenvalue weighted by atomic mass is 35.5. The molecule has 0 aliphatic carbocycles. The first-order valence-corrected chi connectivity index (χ1v) is 11.1. The molecular formula is C24H22ClN5O3. The van der Waals surface area contributed by atoms with Crippen molar-refractivity contribution in [1.29, 1.82) is 0 Å². The van der Waals surface area contributed by atoms with Gasteiger partial charge in [0.15, 0.2) is 11.5 Å². The number of rotatable bonds is 4. The standard InChI is InChI=1S/C24H22ClN5O3/c1-16-20(7-4-11-26-16)32-23-18-10-14-30(22(18)27-15-28-23)17-8-12-29(13-9-17)24(31)33-21-6-3-2-5-19(21)25/h2-7,10-11,14-15,17H,8-9,12-13H2,1H3. The Morgan fingerprint density at radius 2 is 1.82 bits per heavy atom. The Hall–Kier alpha value is -3.65. The maximum atomic E-state index is 12.6. The molecule has 1 fully saturated rings. The number of amides is 1. The number of pyridine rings is 1. The third-order valence-electron chi connectivity index (χ3n) is 5.79. The van der Waals surface area contributed by atoms with Crippen LogP contribution in [0.25, 0.3) is 11.0 Å². The zero-order chi connectivity index (χ0) is 22.8. The van der Waals surface area contributed by atoms with Gasteiger partial charge in [0.1, 0.15) is 12.0 Å². The number of fused-ring (bicyclic) bond motifs is 1. The van der Waals surface area contributed by atoms with E-state index in [-0.39, 0.29) is 12.1 Å². The Balaban J connectivity index is 1.29. The summed E-state index contributed by atoms with van der Waals surface area (Å²) in [4.78, 5) is 27.4. The topological polar surface area (TPSA) is 82.4 Å². The van der Waals surface area contributed by atoms with Crippen molar-refractivity contribution in [2.24, 2.45) is 0 Å². The lowest BCUT2D eigenvalue weighted by Crippen LogP contribution is -2.40. The fourth-order valence-electron chi connectivity index (χ4n) is 4.02. The number of aromatic nitrogens is 4. The Labute approximate surface area is 195 Å². The minimum atomic E-state index is -0.385. The van der Waals surface area contributed by atoms with Crippen molar-refractivity contribution in [2.75, 3.05) is 13.1 Å². The summed E-state index contributed by atoms with van der Waals surface area (Å²) in [6.45, 7) is 3.05. The first-order chi connectivity index (χ1) is 16.1. The minimum absolute atomic E-state index is 0.203. The van der Waals surface area contributed by atoms with Crippen LogP contribution in [0.3, 0.4) is 0 Å². The molecule has 9 heteroatoms. The number of nitrogens with zero attached hydrogens (tertiary/aromatic N) is 5. The maximum Gasteiger partial charge on any atom is 0.415 e. The van der Waals surface area contributed by atoms with E-state index in [1.54, 1.807) is 35.4 Å². The van der Waals surface area contributed by atoms with Crippen LogP contribution < -0.4 is 9.47 Å². The van der Waals surface area contributed by atoms with E-state index < -0.39 is 0 Å². The smallest absolute Gasteiger partial charge is 0.415 e. The van der Waals surface area contributed by atoms with Crippen LogP contribution in [0.4, 0.5) is 4.79 Å². The predicted molar refractivity (Wildman–Crippen MR) is 124 cm³/mol. The molecule has 0 saturated carbocycles. The third kappa shape index (κ3) is 4.34. The van der Waals surface area contributed by atoms with Gasteiger partial charge in [0.05, 0.1) is 16.1 Å². The van der Waals surface area contributed by atoms with Crippen molar-refractivity contribution >= 4 is 28.7 Å². The molecule has 0 bridgehead atoms. The van der Waals surface area contributed by atoms with E-state index in [1.165, 1.54) is 6.33 Å². The molecule has 0 radical (unpaired) electrons. The second-order valence-corrected chi connectivity index (χ2v) is 8.25. The normalized spacial score (nSPS) is 14.4. The number of hydrogen-bond donors (Lipinski definition) is 0. The Morgan fingerprint density at radius 3 is 2.61 bits per heavy atom. The third-order valence-corrected chi connectivity index (χ3v) is 6.10. The Bertz CT molecular complexity index is 1300. The molecule has 33 heavy (non-hydrogen) atoms. The van der Waals surface area contributed by atoms with Crippen LogP contribution >= 0.6 is 11.6 Å². The zero-order valence-corrected chi connectivity index (χ0v) is 18.8. The number of aryl methyl sites for hydroxylation is 1. The van der Waals surface area contributed by atoms with Gasteiger partial charge >= 0.3 is 6.09 Å². The molecule has 0 spiro atoms. The summed E-state index contributed by atoms with van der Waals surface area (Å²) in [6.07, 6.45) is 6.42. The molecule has 8 nitrogen and oxygen atoms in total. The lowest BCUT2D eigenvalue weighted by Gasteiger charge is -2.32. The van der Waals surface area contributed by atoms with Gasteiger partial charge in [-0.3, -0.25) is 4.98 Å². The van der Waals surface area contributed by atoms with Gasteiger partial charge in [-0.2, -0.15) is 0 Å². The average molecular weight is 464 g/mol. The number of ether oxygens (including phenoxy) is 2. The molecule has 0 N–H and O–H groups in total. The minimum Gasteiger partial charge on any atom is -0.436 e. The van der Waals surface area contributed by atoms with Gasteiger partial charge in [-0.15, -0.1) is 0 Å². The second-order valence-electron chi connectivity index (χ2n) is 7.84. The van der Waals surface area contributed by atoms with Crippen LogP contribution in [0.15, 0.2) is 61.2 Å². The Kier molecular flexibility index (Phi) is 5.83. The van der Waals surface area contributed by atoms with Gasteiger partial charge in [-0.25, -0.2) is 14.8 Å². The van der Waals surface area contributed by atoms with Crippen LogP contribution in [-0.4, -0.2) is 43.6 Å². The van der Waals surface area contributed by atoms with Crippen molar-refractivity contribution in [3.63, 3.8) is 0 Å². The van der Waals surface area contributed by atoms with Gasteiger partial charge in [-0.05, 0) is 50.1 Å². The highest BCUT2D eigenvalue weighted by molar-refractivity contribution is 6.32. The summed E-state index contributed by atoms with van der Waals surface area (Å²) in [6, 6.07) is 12.8. The summed E-state index contributed by atoms with van der Waals surface area (Å²) < 4.78 is 13.6. The van der Waals surface area contributed by atoms with Gasteiger partial charge in [0.2, 0.25) is 5.88 Å². The van der Waals surface area contributed by atoms with Crippen LogP contribution in [0, 0.1) is 6.92 Å². The quantitative estimate of drug-likeness (QED) is 0.402. The highest BCUT2D eigenvalue weighted by Crippen LogP contribution is 2.33. The van der Waals surface area contributed by atoms with Crippen molar-refractivity contribution in [2.45, 2.75) is 25.8 Å². The van der Waals surface area contributed by atoms with Crippen molar-refractivity contribution < 1.29 is 14.3 Å². The molecule has 0 unspecified atom stereocenters. The van der Waals surface area contributed by atoms with Crippen molar-refractivity contribution in [3.05, 3.63) is 71.9 Å². The van der Waals surface area contributed by atoms with E-state index in [2.05, 4.69) is 19.5 Å². The first kappa shape index (κ1) is 21.2. The molecule has 4 aromatic rings. The summed E-state index contributed by atoms with van der Waals surface area (Å²) in [5.74, 6) is 1.53. The number of piperidine rings is 1. The molecule has 4 heterocycles. The van der Waals surface area contributed by atoms with E-state index in [0.29, 0.717) is 35.5 Å². The number of hydrogen-bond acceptors (Lipinski definition) is 6. The summed E-state index contributed by atoms with van der Waals surface area (Å²) >= 11 is 6.10. The molecule has 1 aromatic carbocycles. The molecule has 1 aliphatic heterocycles. The first-order valence-electron chi connectivity index (χ1n) is 10.7. The molecule has 168 valence electrons. The van der Waals surface area contributed by atoms with E-state index in [9.17, 15) is 4.79 Å². The molecule has 1 amide bonds. The number of halogens is 1. The van der Waals surface area contributed by atoms with Crippen LogP contribution in [0.1, 0.15) is 24.6 Å². The van der Waals surface area contributed by atoms with Crippen LogP contribution in [0.2, 0.25) is 5.02 Å². The summed E-state index contributed by atoms with van der Waals surface area (Å²) in [5.41, 5.74) is 1.60. The lowest BCUT2D eigenvalue weighted by molar-refractivity contribution is 0.132. The van der Waals surface area contributed by atoms with Gasteiger partial charge in [0, 0.05) is 31.5 Å². The van der Waals surface area contributed by atoms with Crippen molar-refractivity contribution in [3.8, 4) is 17.4 Å².